The van der Waals surface area contributed by atoms with E-state index in [0.717, 1.165) is 48.4 Å². The summed E-state index contributed by atoms with van der Waals surface area (Å²) >= 11 is 5.99. The van der Waals surface area contributed by atoms with Crippen LogP contribution in [0.15, 0.2) is 24.3 Å². The summed E-state index contributed by atoms with van der Waals surface area (Å²) in [5.74, 6) is -0.780. The zero-order valence-electron chi connectivity index (χ0n) is 19.0. The van der Waals surface area contributed by atoms with Gasteiger partial charge in [0.1, 0.15) is 5.54 Å². The van der Waals surface area contributed by atoms with Crippen LogP contribution < -0.4 is 5.32 Å². The van der Waals surface area contributed by atoms with Gasteiger partial charge in [-0.05, 0) is 44.4 Å². The molecule has 9 heteroatoms. The van der Waals surface area contributed by atoms with E-state index in [1.54, 1.807) is 26.0 Å². The van der Waals surface area contributed by atoms with Crippen LogP contribution in [0.4, 0.5) is 0 Å². The summed E-state index contributed by atoms with van der Waals surface area (Å²) < 4.78 is 26.3. The topological polar surface area (TPSA) is 86.8 Å². The van der Waals surface area contributed by atoms with E-state index in [0.29, 0.717) is 5.02 Å². The third kappa shape index (κ3) is 5.83. The summed E-state index contributed by atoms with van der Waals surface area (Å²) in [6.07, 6.45) is 7.48. The SMILES string of the molecule is CCS(=O)(=O)N1CC(=O)N(Cc2ccc(Cl)cc2)C(C)(C(=O)NC2CCCCCCC2)C1. The van der Waals surface area contributed by atoms with Crippen LogP contribution in [0.25, 0.3) is 0 Å². The number of hydrogen-bond donors (Lipinski definition) is 1. The van der Waals surface area contributed by atoms with Crippen molar-refractivity contribution in [2.24, 2.45) is 0 Å². The van der Waals surface area contributed by atoms with Crippen molar-refractivity contribution in [1.82, 2.24) is 14.5 Å². The number of rotatable bonds is 6. The highest BCUT2D eigenvalue weighted by molar-refractivity contribution is 7.89. The van der Waals surface area contributed by atoms with Gasteiger partial charge in [0.15, 0.2) is 0 Å². The van der Waals surface area contributed by atoms with Crippen LogP contribution in [0.3, 0.4) is 0 Å². The highest BCUT2D eigenvalue weighted by Gasteiger charge is 2.50. The predicted molar refractivity (Wildman–Crippen MR) is 126 cm³/mol. The Labute approximate surface area is 196 Å². The van der Waals surface area contributed by atoms with Gasteiger partial charge in [0.25, 0.3) is 0 Å². The molecule has 1 aromatic rings. The Bertz CT molecular complexity index is 914. The molecule has 0 radical (unpaired) electrons. The molecule has 3 rings (SSSR count). The summed E-state index contributed by atoms with van der Waals surface area (Å²) in [4.78, 5) is 28.3. The van der Waals surface area contributed by atoms with E-state index in [4.69, 9.17) is 11.6 Å². The number of carbonyl (C=O) groups is 2. The predicted octanol–water partition coefficient (Wildman–Crippen LogP) is 3.32. The monoisotopic (exact) mass is 483 g/mol. The van der Waals surface area contributed by atoms with E-state index in [9.17, 15) is 18.0 Å². The van der Waals surface area contributed by atoms with Crippen molar-refractivity contribution < 1.29 is 18.0 Å². The highest BCUT2D eigenvalue weighted by atomic mass is 35.5. The van der Waals surface area contributed by atoms with Gasteiger partial charge in [0, 0.05) is 24.2 Å². The summed E-state index contributed by atoms with van der Waals surface area (Å²) in [6.45, 7) is 3.13. The first-order chi connectivity index (χ1) is 15.2. The van der Waals surface area contributed by atoms with Gasteiger partial charge in [0.2, 0.25) is 21.8 Å². The minimum absolute atomic E-state index is 0.0465. The van der Waals surface area contributed by atoms with Gasteiger partial charge in [-0.15, -0.1) is 0 Å². The van der Waals surface area contributed by atoms with Crippen LogP contribution in [-0.4, -0.2) is 59.9 Å². The maximum Gasteiger partial charge on any atom is 0.247 e. The molecule has 1 N–H and O–H groups in total. The molecule has 1 aliphatic heterocycles. The third-order valence-electron chi connectivity index (χ3n) is 6.63. The molecule has 1 saturated carbocycles. The summed E-state index contributed by atoms with van der Waals surface area (Å²) in [5.41, 5.74) is -0.473. The number of piperazine rings is 1. The minimum Gasteiger partial charge on any atom is -0.351 e. The van der Waals surface area contributed by atoms with Crippen molar-refractivity contribution >= 4 is 33.4 Å². The van der Waals surface area contributed by atoms with E-state index in [1.807, 2.05) is 12.1 Å². The summed E-state index contributed by atoms with van der Waals surface area (Å²) in [5, 5.41) is 3.74. The van der Waals surface area contributed by atoms with Gasteiger partial charge in [-0.1, -0.05) is 55.8 Å². The number of carbonyl (C=O) groups excluding carboxylic acids is 2. The minimum atomic E-state index is -3.62. The number of nitrogens with one attached hydrogen (secondary N) is 1. The Morgan fingerprint density at radius 3 is 2.31 bits per heavy atom. The average Bonchev–Trinajstić information content (AvgIpc) is 2.73. The number of benzene rings is 1. The Morgan fingerprint density at radius 1 is 1.12 bits per heavy atom. The summed E-state index contributed by atoms with van der Waals surface area (Å²) in [7, 11) is -3.62. The fourth-order valence-electron chi connectivity index (χ4n) is 4.55. The lowest BCUT2D eigenvalue weighted by Crippen LogP contribution is -2.70. The van der Waals surface area contributed by atoms with Crippen LogP contribution in [-0.2, 0) is 26.2 Å². The molecular weight excluding hydrogens is 450 g/mol. The second-order valence-electron chi connectivity index (χ2n) is 9.06. The van der Waals surface area contributed by atoms with Crippen molar-refractivity contribution in [3.63, 3.8) is 0 Å². The molecule has 0 bridgehead atoms. The second kappa shape index (κ2) is 10.5. The first-order valence-electron chi connectivity index (χ1n) is 11.5. The van der Waals surface area contributed by atoms with Gasteiger partial charge in [0.05, 0.1) is 12.3 Å². The molecule has 0 aromatic heterocycles. The average molecular weight is 484 g/mol. The molecule has 2 amide bonds. The molecule has 1 atom stereocenters. The van der Waals surface area contributed by atoms with Crippen molar-refractivity contribution in [2.45, 2.75) is 76.9 Å². The molecule has 1 unspecified atom stereocenters. The van der Waals surface area contributed by atoms with E-state index < -0.39 is 15.6 Å². The number of nitrogens with zero attached hydrogens (tertiary/aromatic N) is 2. The van der Waals surface area contributed by atoms with Gasteiger partial charge in [-0.25, -0.2) is 8.42 Å². The van der Waals surface area contributed by atoms with Crippen molar-refractivity contribution in [3.8, 4) is 0 Å². The molecule has 1 aromatic carbocycles. The first kappa shape index (κ1) is 25.0. The molecule has 7 nitrogen and oxygen atoms in total. The standard InChI is InChI=1S/C23H34ClN3O4S/c1-3-32(30,31)26-16-21(28)27(15-18-11-13-19(24)14-12-18)23(2,17-26)22(29)25-20-9-7-5-4-6-8-10-20/h11-14,20H,3-10,15-17H2,1-2H3,(H,25,29). The maximum atomic E-state index is 13.6. The Balaban J connectivity index is 1.88. The highest BCUT2D eigenvalue weighted by Crippen LogP contribution is 2.28. The van der Waals surface area contributed by atoms with E-state index in [1.165, 1.54) is 11.3 Å². The van der Waals surface area contributed by atoms with Gasteiger partial charge >= 0.3 is 0 Å². The molecule has 2 aliphatic rings. The smallest absolute Gasteiger partial charge is 0.247 e. The van der Waals surface area contributed by atoms with Gasteiger partial charge in [-0.3, -0.25) is 9.59 Å². The number of halogens is 1. The molecular formula is C23H34ClN3O4S. The van der Waals surface area contributed by atoms with Gasteiger partial charge < -0.3 is 10.2 Å². The fourth-order valence-corrected chi connectivity index (χ4v) is 5.79. The second-order valence-corrected chi connectivity index (χ2v) is 11.8. The Morgan fingerprint density at radius 2 is 1.72 bits per heavy atom. The lowest BCUT2D eigenvalue weighted by molar-refractivity contribution is -0.154. The number of amides is 2. The number of sulfonamides is 1. The molecule has 1 heterocycles. The molecule has 0 spiro atoms. The zero-order chi connectivity index (χ0) is 23.4. The summed E-state index contributed by atoms with van der Waals surface area (Å²) in [6, 6.07) is 7.16. The van der Waals surface area contributed by atoms with Crippen molar-refractivity contribution in [3.05, 3.63) is 34.9 Å². The zero-order valence-corrected chi connectivity index (χ0v) is 20.6. The molecule has 178 valence electrons. The normalized spacial score (nSPS) is 24.1. The fraction of sp³-hybridized carbons (Fsp3) is 0.652. The van der Waals surface area contributed by atoms with Gasteiger partial charge in [-0.2, -0.15) is 4.31 Å². The lowest BCUT2D eigenvalue weighted by atomic mass is 9.92. The Kier molecular flexibility index (Phi) is 8.22. The first-order valence-corrected chi connectivity index (χ1v) is 13.5. The maximum absolute atomic E-state index is 13.6. The van der Waals surface area contributed by atoms with Crippen LogP contribution in [0.5, 0.6) is 0 Å². The number of hydrogen-bond acceptors (Lipinski definition) is 4. The molecule has 2 fully saturated rings. The van der Waals surface area contributed by atoms with Crippen LogP contribution >= 0.6 is 11.6 Å². The van der Waals surface area contributed by atoms with E-state index >= 15 is 0 Å². The lowest BCUT2D eigenvalue weighted by Gasteiger charge is -2.47. The molecule has 32 heavy (non-hydrogen) atoms. The quantitative estimate of drug-likeness (QED) is 0.672. The largest absolute Gasteiger partial charge is 0.351 e. The van der Waals surface area contributed by atoms with E-state index in [-0.39, 0.29) is 43.2 Å². The Hall–Kier alpha value is -1.64. The third-order valence-corrected chi connectivity index (χ3v) is 8.66. The van der Waals surface area contributed by atoms with E-state index in [2.05, 4.69) is 5.32 Å². The van der Waals surface area contributed by atoms with Crippen LogP contribution in [0.2, 0.25) is 5.02 Å². The molecule has 1 saturated heterocycles. The van der Waals surface area contributed by atoms with Crippen LogP contribution in [0.1, 0.15) is 64.4 Å². The molecule has 1 aliphatic carbocycles. The van der Waals surface area contributed by atoms with Crippen molar-refractivity contribution in [1.29, 1.82) is 0 Å². The van der Waals surface area contributed by atoms with Crippen LogP contribution in [0, 0.1) is 0 Å². The van der Waals surface area contributed by atoms with Crippen molar-refractivity contribution in [2.75, 3.05) is 18.8 Å².